The zero-order valence-corrected chi connectivity index (χ0v) is 14.5. The molecule has 0 atom stereocenters. The van der Waals surface area contributed by atoms with Crippen molar-refractivity contribution < 1.29 is 19.4 Å². The van der Waals surface area contributed by atoms with Gasteiger partial charge < -0.3 is 19.6 Å². The number of rotatable bonds is 4. The van der Waals surface area contributed by atoms with Crippen molar-refractivity contribution in [2.24, 2.45) is 5.92 Å². The van der Waals surface area contributed by atoms with Crippen LogP contribution < -0.4 is 0 Å². The molecular formula is C19H26N2O4. The van der Waals surface area contributed by atoms with Gasteiger partial charge >= 0.3 is 0 Å². The highest BCUT2D eigenvalue weighted by Crippen LogP contribution is 2.22. The highest BCUT2D eigenvalue weighted by Gasteiger charge is 2.30. The number of morpholine rings is 1. The summed E-state index contributed by atoms with van der Waals surface area (Å²) >= 11 is 0. The quantitative estimate of drug-likeness (QED) is 0.895. The first-order chi connectivity index (χ1) is 12.1. The highest BCUT2D eigenvalue weighted by atomic mass is 16.5. The predicted molar refractivity (Wildman–Crippen MR) is 93.1 cm³/mol. The number of likely N-dealkylation sites (tertiary alicyclic amines) is 1. The van der Waals surface area contributed by atoms with Crippen molar-refractivity contribution in [1.82, 2.24) is 9.80 Å². The van der Waals surface area contributed by atoms with Gasteiger partial charge in [0.1, 0.15) is 5.75 Å². The molecule has 2 aliphatic rings. The third-order valence-corrected chi connectivity index (χ3v) is 5.12. The van der Waals surface area contributed by atoms with E-state index in [0.29, 0.717) is 52.2 Å². The molecule has 0 unspecified atom stereocenters. The van der Waals surface area contributed by atoms with Crippen LogP contribution in [0.5, 0.6) is 5.75 Å². The van der Waals surface area contributed by atoms with Crippen molar-refractivity contribution in [2.45, 2.75) is 25.7 Å². The smallest absolute Gasteiger partial charge is 0.225 e. The molecule has 2 amide bonds. The lowest BCUT2D eigenvalue weighted by molar-refractivity contribution is -0.143. The fourth-order valence-corrected chi connectivity index (χ4v) is 3.54. The van der Waals surface area contributed by atoms with E-state index in [4.69, 9.17) is 4.74 Å². The van der Waals surface area contributed by atoms with E-state index in [0.717, 1.165) is 18.4 Å². The molecule has 0 radical (unpaired) electrons. The van der Waals surface area contributed by atoms with Crippen LogP contribution in [0, 0.1) is 5.92 Å². The SMILES string of the molecule is O=C(CCc1ccccc1O)N1CCC(C(=O)N2CCOCC2)CC1. The number of aryl methyl sites for hydroxylation is 1. The Labute approximate surface area is 148 Å². The van der Waals surface area contributed by atoms with E-state index in [1.807, 2.05) is 21.9 Å². The Bertz CT molecular complexity index is 605. The maximum Gasteiger partial charge on any atom is 0.225 e. The van der Waals surface area contributed by atoms with Crippen LogP contribution in [0.3, 0.4) is 0 Å². The second-order valence-electron chi connectivity index (χ2n) is 6.72. The van der Waals surface area contributed by atoms with Crippen molar-refractivity contribution in [3.63, 3.8) is 0 Å². The molecule has 136 valence electrons. The summed E-state index contributed by atoms with van der Waals surface area (Å²) in [6, 6.07) is 7.12. The number of piperidine rings is 1. The molecule has 1 aromatic carbocycles. The van der Waals surface area contributed by atoms with Crippen molar-refractivity contribution in [3.05, 3.63) is 29.8 Å². The van der Waals surface area contributed by atoms with Crippen molar-refractivity contribution in [1.29, 1.82) is 0 Å². The van der Waals surface area contributed by atoms with E-state index in [9.17, 15) is 14.7 Å². The largest absolute Gasteiger partial charge is 0.508 e. The minimum Gasteiger partial charge on any atom is -0.508 e. The third kappa shape index (κ3) is 4.51. The van der Waals surface area contributed by atoms with Gasteiger partial charge in [0.15, 0.2) is 0 Å². The molecular weight excluding hydrogens is 320 g/mol. The number of hydrogen-bond acceptors (Lipinski definition) is 4. The molecule has 0 aromatic heterocycles. The number of carbonyl (C=O) groups is 2. The molecule has 2 saturated heterocycles. The maximum atomic E-state index is 12.5. The molecule has 6 nitrogen and oxygen atoms in total. The van der Waals surface area contributed by atoms with Crippen molar-refractivity contribution >= 4 is 11.8 Å². The van der Waals surface area contributed by atoms with E-state index >= 15 is 0 Å². The van der Waals surface area contributed by atoms with Crippen LogP contribution in [0.4, 0.5) is 0 Å². The van der Waals surface area contributed by atoms with Gasteiger partial charge in [-0.25, -0.2) is 0 Å². The second-order valence-corrected chi connectivity index (χ2v) is 6.72. The van der Waals surface area contributed by atoms with E-state index in [2.05, 4.69) is 0 Å². The second kappa shape index (κ2) is 8.34. The summed E-state index contributed by atoms with van der Waals surface area (Å²) in [6.07, 6.45) is 2.40. The minimum atomic E-state index is 0.0281. The Morgan fingerprint density at radius 3 is 2.40 bits per heavy atom. The number of hydrogen-bond donors (Lipinski definition) is 1. The van der Waals surface area contributed by atoms with Crippen LogP contribution in [-0.2, 0) is 20.7 Å². The summed E-state index contributed by atoms with van der Waals surface area (Å²) in [5, 5.41) is 9.78. The molecule has 2 heterocycles. The van der Waals surface area contributed by atoms with Crippen LogP contribution in [0.25, 0.3) is 0 Å². The minimum absolute atomic E-state index is 0.0281. The fraction of sp³-hybridized carbons (Fsp3) is 0.579. The first-order valence-electron chi connectivity index (χ1n) is 9.06. The number of carbonyl (C=O) groups excluding carboxylic acids is 2. The summed E-state index contributed by atoms with van der Waals surface area (Å²) < 4.78 is 5.29. The zero-order chi connectivity index (χ0) is 17.6. The standard InChI is InChI=1S/C19H26N2O4/c22-17-4-2-1-3-15(17)5-6-18(23)20-9-7-16(8-10-20)19(24)21-11-13-25-14-12-21/h1-4,16,22H,5-14H2. The summed E-state index contributed by atoms with van der Waals surface area (Å²) in [5.74, 6) is 0.579. The topological polar surface area (TPSA) is 70.1 Å². The van der Waals surface area contributed by atoms with Gasteiger partial charge in [0.05, 0.1) is 13.2 Å². The van der Waals surface area contributed by atoms with Gasteiger partial charge in [-0.1, -0.05) is 18.2 Å². The Kier molecular flexibility index (Phi) is 5.91. The summed E-state index contributed by atoms with van der Waals surface area (Å²) in [6.45, 7) is 3.88. The van der Waals surface area contributed by atoms with Gasteiger partial charge in [-0.3, -0.25) is 9.59 Å². The average Bonchev–Trinajstić information content (AvgIpc) is 2.67. The van der Waals surface area contributed by atoms with Gasteiger partial charge in [0.2, 0.25) is 11.8 Å². The zero-order valence-electron chi connectivity index (χ0n) is 14.5. The Morgan fingerprint density at radius 1 is 1.04 bits per heavy atom. The first-order valence-corrected chi connectivity index (χ1v) is 9.06. The van der Waals surface area contributed by atoms with Crippen LogP contribution in [0.15, 0.2) is 24.3 Å². The first kappa shape index (κ1) is 17.7. The molecule has 0 bridgehead atoms. The summed E-state index contributed by atoms with van der Waals surface area (Å²) in [7, 11) is 0. The molecule has 1 aromatic rings. The Hall–Kier alpha value is -2.08. The molecule has 6 heteroatoms. The van der Waals surface area contributed by atoms with Gasteiger partial charge in [-0.2, -0.15) is 0 Å². The fourth-order valence-electron chi connectivity index (χ4n) is 3.54. The highest BCUT2D eigenvalue weighted by molar-refractivity contribution is 5.80. The number of aromatic hydroxyl groups is 1. The molecule has 1 N–H and O–H groups in total. The monoisotopic (exact) mass is 346 g/mol. The maximum absolute atomic E-state index is 12.5. The summed E-state index contributed by atoms with van der Waals surface area (Å²) in [5.41, 5.74) is 0.799. The number of benzene rings is 1. The number of phenolic OH excluding ortho intramolecular Hbond substituents is 1. The van der Waals surface area contributed by atoms with Gasteiger partial charge in [-0.05, 0) is 30.9 Å². The molecule has 3 rings (SSSR count). The molecule has 25 heavy (non-hydrogen) atoms. The Balaban J connectivity index is 1.44. The number of nitrogens with zero attached hydrogens (tertiary/aromatic N) is 2. The average molecular weight is 346 g/mol. The van der Waals surface area contributed by atoms with Crippen LogP contribution in [0.1, 0.15) is 24.8 Å². The lowest BCUT2D eigenvalue weighted by atomic mass is 9.94. The van der Waals surface area contributed by atoms with Crippen LogP contribution in [-0.4, -0.2) is 66.1 Å². The molecule has 0 spiro atoms. The normalized spacial score (nSPS) is 19.0. The third-order valence-electron chi connectivity index (χ3n) is 5.12. The van der Waals surface area contributed by atoms with E-state index in [1.165, 1.54) is 0 Å². The molecule has 2 fully saturated rings. The molecule has 0 saturated carbocycles. The van der Waals surface area contributed by atoms with Crippen LogP contribution >= 0.6 is 0 Å². The lowest BCUT2D eigenvalue weighted by Crippen LogP contribution is -2.47. The van der Waals surface area contributed by atoms with Gasteiger partial charge in [0.25, 0.3) is 0 Å². The van der Waals surface area contributed by atoms with Crippen molar-refractivity contribution in [3.8, 4) is 5.75 Å². The number of ether oxygens (including phenoxy) is 1. The van der Waals surface area contributed by atoms with Gasteiger partial charge in [0, 0.05) is 38.5 Å². The van der Waals surface area contributed by atoms with E-state index in [1.54, 1.807) is 12.1 Å². The van der Waals surface area contributed by atoms with E-state index < -0.39 is 0 Å². The number of phenols is 1. The van der Waals surface area contributed by atoms with E-state index in [-0.39, 0.29) is 23.5 Å². The number of amides is 2. The summed E-state index contributed by atoms with van der Waals surface area (Å²) in [4.78, 5) is 28.7. The molecule has 2 aliphatic heterocycles. The lowest BCUT2D eigenvalue weighted by Gasteiger charge is -2.35. The Morgan fingerprint density at radius 2 is 1.72 bits per heavy atom. The number of para-hydroxylation sites is 1. The van der Waals surface area contributed by atoms with Crippen LogP contribution in [0.2, 0.25) is 0 Å². The molecule has 0 aliphatic carbocycles. The van der Waals surface area contributed by atoms with Gasteiger partial charge in [-0.15, -0.1) is 0 Å². The van der Waals surface area contributed by atoms with Crippen molar-refractivity contribution in [2.75, 3.05) is 39.4 Å². The predicted octanol–water partition coefficient (Wildman–Crippen LogP) is 1.42.